The number of furan rings is 1. The highest BCUT2D eigenvalue weighted by Gasteiger charge is 2.24. The molecule has 1 N–H and O–H groups in total. The Morgan fingerprint density at radius 2 is 1.68 bits per heavy atom. The molecule has 7 heteroatoms. The number of aryl methyl sites for hydroxylation is 3. The number of carbonyl (C=O) groups is 2. The predicted octanol–water partition coefficient (Wildman–Crippen LogP) is 5.97. The first-order valence-corrected chi connectivity index (χ1v) is 12.4. The molecule has 37 heavy (non-hydrogen) atoms. The molecule has 0 radical (unpaired) electrons. The summed E-state index contributed by atoms with van der Waals surface area (Å²) in [6.45, 7) is 12.3. The summed E-state index contributed by atoms with van der Waals surface area (Å²) >= 11 is 0. The van der Waals surface area contributed by atoms with Gasteiger partial charge in [-0.25, -0.2) is 4.68 Å². The van der Waals surface area contributed by atoms with Crippen molar-refractivity contribution in [1.82, 2.24) is 14.7 Å². The highest BCUT2D eigenvalue weighted by molar-refractivity contribution is 5.99. The molecular weight excluding hydrogens is 464 g/mol. The van der Waals surface area contributed by atoms with E-state index in [-0.39, 0.29) is 30.3 Å². The maximum Gasteiger partial charge on any atom is 0.254 e. The fourth-order valence-corrected chi connectivity index (χ4v) is 4.09. The number of amides is 2. The number of nitrogens with one attached hydrogen (secondary N) is 1. The molecule has 7 nitrogen and oxygen atoms in total. The van der Waals surface area contributed by atoms with Crippen molar-refractivity contribution in [3.8, 4) is 5.69 Å². The third kappa shape index (κ3) is 6.17. The minimum Gasteiger partial charge on any atom is -0.467 e. The van der Waals surface area contributed by atoms with E-state index in [0.29, 0.717) is 17.1 Å². The summed E-state index contributed by atoms with van der Waals surface area (Å²) in [6, 6.07) is 18.9. The molecule has 0 aliphatic rings. The lowest BCUT2D eigenvalue weighted by atomic mass is 9.92. The average molecular weight is 499 g/mol. The smallest absolute Gasteiger partial charge is 0.254 e. The second-order valence-corrected chi connectivity index (χ2v) is 10.5. The number of anilines is 1. The minimum absolute atomic E-state index is 0.143. The van der Waals surface area contributed by atoms with Crippen molar-refractivity contribution in [3.63, 3.8) is 0 Å². The third-order valence-electron chi connectivity index (χ3n) is 6.17. The lowest BCUT2D eigenvalue weighted by Crippen LogP contribution is -2.37. The van der Waals surface area contributed by atoms with Gasteiger partial charge in [-0.3, -0.25) is 9.59 Å². The molecule has 0 aliphatic carbocycles. The first kappa shape index (κ1) is 25.9. The molecule has 0 fully saturated rings. The van der Waals surface area contributed by atoms with E-state index in [1.807, 2.05) is 51.1 Å². The molecule has 2 heterocycles. The molecule has 4 rings (SSSR count). The average Bonchev–Trinajstić information content (AvgIpc) is 3.49. The van der Waals surface area contributed by atoms with E-state index in [9.17, 15) is 9.59 Å². The molecule has 0 atom stereocenters. The van der Waals surface area contributed by atoms with Crippen molar-refractivity contribution in [3.05, 3.63) is 101 Å². The summed E-state index contributed by atoms with van der Waals surface area (Å²) in [5.41, 5.74) is 5.30. The Morgan fingerprint density at radius 3 is 2.30 bits per heavy atom. The maximum absolute atomic E-state index is 13.4. The van der Waals surface area contributed by atoms with Gasteiger partial charge in [0, 0.05) is 17.0 Å². The van der Waals surface area contributed by atoms with Crippen LogP contribution in [0.1, 0.15) is 59.3 Å². The van der Waals surface area contributed by atoms with Gasteiger partial charge in [0.15, 0.2) is 0 Å². The normalized spacial score (nSPS) is 11.4. The van der Waals surface area contributed by atoms with Crippen LogP contribution in [-0.2, 0) is 16.8 Å². The molecule has 2 aromatic heterocycles. The van der Waals surface area contributed by atoms with E-state index in [2.05, 4.69) is 32.2 Å². The minimum atomic E-state index is -0.321. The molecule has 0 saturated heterocycles. The van der Waals surface area contributed by atoms with Gasteiger partial charge >= 0.3 is 0 Å². The number of hydrogen-bond acceptors (Lipinski definition) is 4. The van der Waals surface area contributed by atoms with E-state index in [0.717, 1.165) is 28.1 Å². The van der Waals surface area contributed by atoms with Crippen molar-refractivity contribution >= 4 is 17.6 Å². The van der Waals surface area contributed by atoms with Crippen LogP contribution in [0.5, 0.6) is 0 Å². The zero-order valence-electron chi connectivity index (χ0n) is 22.3. The molecule has 2 aromatic carbocycles. The zero-order chi connectivity index (χ0) is 26.7. The first-order valence-electron chi connectivity index (χ1n) is 12.4. The Morgan fingerprint density at radius 1 is 0.973 bits per heavy atom. The van der Waals surface area contributed by atoms with Crippen LogP contribution < -0.4 is 5.32 Å². The van der Waals surface area contributed by atoms with Crippen molar-refractivity contribution in [1.29, 1.82) is 0 Å². The number of nitrogens with zero attached hydrogens (tertiary/aromatic N) is 3. The molecule has 0 spiro atoms. The molecule has 4 aromatic rings. The van der Waals surface area contributed by atoms with Gasteiger partial charge in [0.25, 0.3) is 5.91 Å². The largest absolute Gasteiger partial charge is 0.467 e. The Hall–Kier alpha value is -4.13. The topological polar surface area (TPSA) is 80.4 Å². The van der Waals surface area contributed by atoms with Gasteiger partial charge in [-0.05, 0) is 56.7 Å². The summed E-state index contributed by atoms with van der Waals surface area (Å²) in [5.74, 6) is 0.592. The van der Waals surface area contributed by atoms with Crippen LogP contribution in [0.15, 0.2) is 71.3 Å². The van der Waals surface area contributed by atoms with Gasteiger partial charge in [0.2, 0.25) is 5.91 Å². The zero-order valence-corrected chi connectivity index (χ0v) is 22.3. The monoisotopic (exact) mass is 498 g/mol. The molecule has 0 bridgehead atoms. The van der Waals surface area contributed by atoms with E-state index >= 15 is 0 Å². The van der Waals surface area contributed by atoms with Crippen molar-refractivity contribution < 1.29 is 14.0 Å². The summed E-state index contributed by atoms with van der Waals surface area (Å²) in [5, 5.41) is 7.84. The quantitative estimate of drug-likeness (QED) is 0.340. The molecule has 0 unspecified atom stereocenters. The van der Waals surface area contributed by atoms with E-state index in [1.165, 1.54) is 4.90 Å². The van der Waals surface area contributed by atoms with Crippen LogP contribution in [0.2, 0.25) is 0 Å². The van der Waals surface area contributed by atoms with Crippen LogP contribution in [0, 0.1) is 20.8 Å². The summed E-state index contributed by atoms with van der Waals surface area (Å²) < 4.78 is 7.24. The Kier molecular flexibility index (Phi) is 7.34. The van der Waals surface area contributed by atoms with E-state index in [4.69, 9.17) is 9.52 Å². The van der Waals surface area contributed by atoms with E-state index < -0.39 is 0 Å². The third-order valence-corrected chi connectivity index (χ3v) is 6.17. The van der Waals surface area contributed by atoms with E-state index in [1.54, 1.807) is 35.2 Å². The standard InChI is InChI=1S/C30H34N4O3/c1-20-9-12-23(13-10-20)29(36)33(18-24-8-7-15-37-24)19-28(35)31-27-17-26(30(4,5)6)32-34(27)25-14-11-21(2)16-22(25)3/h7-17H,18-19H2,1-6H3,(H,31,35). The van der Waals surface area contributed by atoms with Gasteiger partial charge in [-0.15, -0.1) is 0 Å². The van der Waals surface area contributed by atoms with Gasteiger partial charge in [-0.1, -0.05) is 56.2 Å². The van der Waals surface area contributed by atoms with Gasteiger partial charge in [-0.2, -0.15) is 5.10 Å². The molecule has 0 aliphatic heterocycles. The molecule has 0 saturated carbocycles. The maximum atomic E-state index is 13.4. The number of aromatic nitrogens is 2. The second-order valence-electron chi connectivity index (χ2n) is 10.5. The highest BCUT2D eigenvalue weighted by Crippen LogP contribution is 2.28. The first-order chi connectivity index (χ1) is 17.5. The van der Waals surface area contributed by atoms with Gasteiger partial charge in [0.05, 0.1) is 24.2 Å². The van der Waals surface area contributed by atoms with Crippen molar-refractivity contribution in [2.24, 2.45) is 0 Å². The summed E-state index contributed by atoms with van der Waals surface area (Å²) in [7, 11) is 0. The second kappa shape index (κ2) is 10.5. The van der Waals surface area contributed by atoms with Gasteiger partial charge in [0.1, 0.15) is 18.1 Å². The highest BCUT2D eigenvalue weighted by atomic mass is 16.3. The van der Waals surface area contributed by atoms with Crippen molar-refractivity contribution in [2.75, 3.05) is 11.9 Å². The molecule has 192 valence electrons. The fourth-order valence-electron chi connectivity index (χ4n) is 4.09. The number of rotatable bonds is 7. The SMILES string of the molecule is Cc1ccc(C(=O)N(CC(=O)Nc2cc(C(C)(C)C)nn2-c2ccc(C)cc2C)Cc2ccco2)cc1. The summed E-state index contributed by atoms with van der Waals surface area (Å²) in [4.78, 5) is 28.2. The van der Waals surface area contributed by atoms with Crippen LogP contribution >= 0.6 is 0 Å². The number of benzene rings is 2. The van der Waals surface area contributed by atoms with Crippen LogP contribution in [0.3, 0.4) is 0 Å². The number of carbonyl (C=O) groups excluding carboxylic acids is 2. The lowest BCUT2D eigenvalue weighted by molar-refractivity contribution is -0.117. The van der Waals surface area contributed by atoms with Crippen LogP contribution in [0.25, 0.3) is 5.69 Å². The Balaban J connectivity index is 1.63. The Bertz CT molecular complexity index is 1390. The fraction of sp³-hybridized carbons (Fsp3) is 0.300. The number of hydrogen-bond donors (Lipinski definition) is 1. The molecular formula is C30H34N4O3. The summed E-state index contributed by atoms with van der Waals surface area (Å²) in [6.07, 6.45) is 1.56. The van der Waals surface area contributed by atoms with Crippen molar-refractivity contribution in [2.45, 2.75) is 53.5 Å². The van der Waals surface area contributed by atoms with Crippen LogP contribution in [0.4, 0.5) is 5.82 Å². The Labute approximate surface area is 218 Å². The lowest BCUT2D eigenvalue weighted by Gasteiger charge is -2.21. The molecule has 2 amide bonds. The predicted molar refractivity (Wildman–Crippen MR) is 145 cm³/mol. The van der Waals surface area contributed by atoms with Crippen LogP contribution in [-0.4, -0.2) is 33.0 Å². The van der Waals surface area contributed by atoms with Gasteiger partial charge < -0.3 is 14.6 Å².